The number of hydrogen-bond acceptors (Lipinski definition) is 7. The smallest absolute Gasteiger partial charge is 0.311 e. The Morgan fingerprint density at radius 1 is 1.25 bits per heavy atom. The number of rotatable bonds is 8. The Morgan fingerprint density at radius 2 is 2.11 bits per heavy atom. The van der Waals surface area contributed by atoms with E-state index in [0.717, 1.165) is 11.3 Å². The molecule has 1 amide bonds. The van der Waals surface area contributed by atoms with E-state index < -0.39 is 5.91 Å². The summed E-state index contributed by atoms with van der Waals surface area (Å²) in [6, 6.07) is 11.0. The largest absolute Gasteiger partial charge is 0.486 e. The number of ether oxygens (including phenoxy) is 2. The van der Waals surface area contributed by atoms with Gasteiger partial charge in [0.05, 0.1) is 18.7 Å². The van der Waals surface area contributed by atoms with Crippen LogP contribution in [0, 0.1) is 6.92 Å². The molecular formula is C20H20N2O5S. The molecule has 0 radical (unpaired) electrons. The number of nitrogens with one attached hydrogen (secondary N) is 1. The van der Waals surface area contributed by atoms with Gasteiger partial charge in [-0.15, -0.1) is 11.3 Å². The van der Waals surface area contributed by atoms with E-state index in [4.69, 9.17) is 13.9 Å². The lowest BCUT2D eigenvalue weighted by Gasteiger charge is -2.04. The Bertz CT molecular complexity index is 963. The molecule has 7 nitrogen and oxygen atoms in total. The fourth-order valence-electron chi connectivity index (χ4n) is 2.40. The molecule has 0 fully saturated rings. The van der Waals surface area contributed by atoms with Crippen molar-refractivity contribution in [1.82, 2.24) is 4.98 Å². The van der Waals surface area contributed by atoms with Crippen LogP contribution in [0.3, 0.4) is 0 Å². The second kappa shape index (κ2) is 9.18. The number of carbonyl (C=O) groups is 2. The lowest BCUT2D eigenvalue weighted by Crippen LogP contribution is -2.11. The number of benzene rings is 1. The van der Waals surface area contributed by atoms with E-state index in [-0.39, 0.29) is 24.8 Å². The molecule has 2 heterocycles. The third-order valence-electron chi connectivity index (χ3n) is 3.66. The van der Waals surface area contributed by atoms with Gasteiger partial charge in [0, 0.05) is 5.38 Å². The van der Waals surface area contributed by atoms with E-state index in [1.807, 2.05) is 31.2 Å². The molecule has 0 unspecified atom stereocenters. The van der Waals surface area contributed by atoms with Crippen LogP contribution in [0.25, 0.3) is 0 Å². The third-order valence-corrected chi connectivity index (χ3v) is 4.47. The van der Waals surface area contributed by atoms with E-state index in [1.54, 1.807) is 24.4 Å². The van der Waals surface area contributed by atoms with Crippen molar-refractivity contribution in [2.75, 3.05) is 11.9 Å². The van der Waals surface area contributed by atoms with Gasteiger partial charge in [0.25, 0.3) is 5.91 Å². The Hall–Kier alpha value is -3.13. The summed E-state index contributed by atoms with van der Waals surface area (Å²) in [5.41, 5.74) is 1.65. The van der Waals surface area contributed by atoms with Crippen LogP contribution in [0.1, 0.15) is 34.5 Å². The van der Waals surface area contributed by atoms with Crippen LogP contribution in [-0.2, 0) is 22.6 Å². The maximum absolute atomic E-state index is 12.3. The number of esters is 1. The SMILES string of the molecule is CCOC(=O)Cc1csc(NC(=O)c2ccc(COc3cccc(C)c3)o2)n1. The summed E-state index contributed by atoms with van der Waals surface area (Å²) in [6.07, 6.45) is 0.0708. The van der Waals surface area contributed by atoms with Gasteiger partial charge in [-0.05, 0) is 43.7 Å². The summed E-state index contributed by atoms with van der Waals surface area (Å²) in [5.74, 6) is 0.659. The van der Waals surface area contributed by atoms with Gasteiger partial charge in [0.1, 0.15) is 18.1 Å². The number of aromatic nitrogens is 1. The number of aryl methyl sites for hydroxylation is 1. The summed E-state index contributed by atoms with van der Waals surface area (Å²) in [7, 11) is 0. The molecule has 0 atom stereocenters. The Balaban J connectivity index is 1.54. The zero-order chi connectivity index (χ0) is 19.9. The second-order valence-electron chi connectivity index (χ2n) is 5.95. The molecule has 2 aromatic heterocycles. The Morgan fingerprint density at radius 3 is 2.89 bits per heavy atom. The second-order valence-corrected chi connectivity index (χ2v) is 6.81. The van der Waals surface area contributed by atoms with Crippen molar-refractivity contribution in [3.8, 4) is 5.75 Å². The van der Waals surface area contributed by atoms with Crippen molar-refractivity contribution in [3.63, 3.8) is 0 Å². The molecule has 0 saturated carbocycles. The molecule has 1 N–H and O–H groups in total. The summed E-state index contributed by atoms with van der Waals surface area (Å²) in [5, 5.41) is 4.75. The highest BCUT2D eigenvalue weighted by Gasteiger charge is 2.15. The lowest BCUT2D eigenvalue weighted by molar-refractivity contribution is -0.142. The first kappa shape index (κ1) is 19.6. The van der Waals surface area contributed by atoms with Crippen molar-refractivity contribution in [2.24, 2.45) is 0 Å². The average molecular weight is 400 g/mol. The van der Waals surface area contributed by atoms with E-state index in [9.17, 15) is 9.59 Å². The molecule has 0 saturated heterocycles. The molecule has 3 aromatic rings. The molecule has 28 heavy (non-hydrogen) atoms. The third kappa shape index (κ3) is 5.43. The fraction of sp³-hybridized carbons (Fsp3) is 0.250. The number of thiazole rings is 1. The van der Waals surface area contributed by atoms with E-state index >= 15 is 0 Å². The van der Waals surface area contributed by atoms with Gasteiger partial charge >= 0.3 is 5.97 Å². The molecule has 146 valence electrons. The van der Waals surface area contributed by atoms with Crippen molar-refractivity contribution < 1.29 is 23.5 Å². The summed E-state index contributed by atoms with van der Waals surface area (Å²) in [6.45, 7) is 4.27. The van der Waals surface area contributed by atoms with Crippen molar-refractivity contribution in [2.45, 2.75) is 26.9 Å². The number of nitrogens with zero attached hydrogens (tertiary/aromatic N) is 1. The van der Waals surface area contributed by atoms with Crippen molar-refractivity contribution >= 4 is 28.3 Å². The van der Waals surface area contributed by atoms with Crippen molar-refractivity contribution in [1.29, 1.82) is 0 Å². The number of anilines is 1. The molecule has 0 bridgehead atoms. The Labute approximate surface area is 166 Å². The first-order valence-corrected chi connectivity index (χ1v) is 9.61. The minimum Gasteiger partial charge on any atom is -0.486 e. The molecule has 1 aromatic carbocycles. The van der Waals surface area contributed by atoms with Gasteiger partial charge in [0.15, 0.2) is 10.9 Å². The molecule has 8 heteroatoms. The highest BCUT2D eigenvalue weighted by atomic mass is 32.1. The maximum atomic E-state index is 12.3. The van der Waals surface area contributed by atoms with Gasteiger partial charge in [-0.1, -0.05) is 12.1 Å². The molecule has 3 rings (SSSR count). The Kier molecular flexibility index (Phi) is 6.44. The van der Waals surface area contributed by atoms with Gasteiger partial charge in [-0.3, -0.25) is 14.9 Å². The summed E-state index contributed by atoms with van der Waals surface area (Å²) in [4.78, 5) is 28.0. The number of hydrogen-bond donors (Lipinski definition) is 1. The molecule has 0 aliphatic rings. The minimum absolute atomic E-state index is 0.0708. The van der Waals surface area contributed by atoms with Crippen LogP contribution in [0.15, 0.2) is 46.2 Å². The van der Waals surface area contributed by atoms with Crippen LogP contribution < -0.4 is 10.1 Å². The van der Waals surface area contributed by atoms with Crippen LogP contribution in [0.2, 0.25) is 0 Å². The predicted molar refractivity (Wildman–Crippen MR) is 105 cm³/mol. The topological polar surface area (TPSA) is 90.7 Å². The van der Waals surface area contributed by atoms with Crippen LogP contribution in [0.5, 0.6) is 5.75 Å². The van der Waals surface area contributed by atoms with Gasteiger partial charge in [-0.25, -0.2) is 4.98 Å². The maximum Gasteiger partial charge on any atom is 0.311 e. The predicted octanol–water partition coefficient (Wildman–Crippen LogP) is 3.98. The van der Waals surface area contributed by atoms with Crippen molar-refractivity contribution in [3.05, 3.63) is 64.6 Å². The van der Waals surface area contributed by atoms with Crippen LogP contribution in [0.4, 0.5) is 5.13 Å². The van der Waals surface area contributed by atoms with E-state index in [1.165, 1.54) is 11.3 Å². The van der Waals surface area contributed by atoms with Crippen LogP contribution in [-0.4, -0.2) is 23.5 Å². The molecule has 0 aliphatic carbocycles. The van der Waals surface area contributed by atoms with E-state index in [0.29, 0.717) is 23.2 Å². The molecule has 0 spiro atoms. The van der Waals surface area contributed by atoms with Gasteiger partial charge < -0.3 is 13.9 Å². The first-order chi connectivity index (χ1) is 13.5. The highest BCUT2D eigenvalue weighted by molar-refractivity contribution is 7.14. The number of furan rings is 1. The summed E-state index contributed by atoms with van der Waals surface area (Å²) < 4.78 is 16.1. The average Bonchev–Trinajstić information content (AvgIpc) is 3.30. The normalized spacial score (nSPS) is 10.5. The zero-order valence-electron chi connectivity index (χ0n) is 15.6. The standard InChI is InChI=1S/C20H20N2O5S/c1-3-25-18(23)10-14-12-28-20(21-14)22-19(24)17-8-7-16(27-17)11-26-15-6-4-5-13(2)9-15/h4-9,12H,3,10-11H2,1-2H3,(H,21,22,24). The summed E-state index contributed by atoms with van der Waals surface area (Å²) >= 11 is 1.23. The quantitative estimate of drug-likeness (QED) is 0.575. The van der Waals surface area contributed by atoms with Crippen LogP contribution >= 0.6 is 11.3 Å². The first-order valence-electron chi connectivity index (χ1n) is 8.73. The fourth-order valence-corrected chi connectivity index (χ4v) is 3.11. The highest BCUT2D eigenvalue weighted by Crippen LogP contribution is 2.19. The monoisotopic (exact) mass is 400 g/mol. The van der Waals surface area contributed by atoms with E-state index in [2.05, 4.69) is 10.3 Å². The van der Waals surface area contributed by atoms with Gasteiger partial charge in [0.2, 0.25) is 0 Å². The van der Waals surface area contributed by atoms with Gasteiger partial charge in [-0.2, -0.15) is 0 Å². The molecular weight excluding hydrogens is 380 g/mol. The zero-order valence-corrected chi connectivity index (χ0v) is 16.4. The number of amides is 1. The lowest BCUT2D eigenvalue weighted by atomic mass is 10.2. The number of carbonyl (C=O) groups excluding carboxylic acids is 2. The minimum atomic E-state index is -0.418. The molecule has 0 aliphatic heterocycles.